The number of ether oxygens (including phenoxy) is 1. The second kappa shape index (κ2) is 7.10. The zero-order valence-corrected chi connectivity index (χ0v) is 12.5. The Balaban J connectivity index is 1.99. The first-order valence-electron chi connectivity index (χ1n) is 7.26. The van der Waals surface area contributed by atoms with Crippen LogP contribution in [0.3, 0.4) is 0 Å². The van der Waals surface area contributed by atoms with Gasteiger partial charge in [0.05, 0.1) is 12.4 Å². The van der Waals surface area contributed by atoms with Crippen molar-refractivity contribution in [3.63, 3.8) is 0 Å². The van der Waals surface area contributed by atoms with Gasteiger partial charge in [0.2, 0.25) is 0 Å². The molecule has 1 atom stereocenters. The highest BCUT2D eigenvalue weighted by Gasteiger charge is 2.05. The Kier molecular flexibility index (Phi) is 5.18. The molecule has 0 fully saturated rings. The van der Waals surface area contributed by atoms with Crippen molar-refractivity contribution in [1.82, 2.24) is 15.1 Å². The Hall–Kier alpha value is -1.81. The minimum atomic E-state index is 0.362. The number of nitrogens with zero attached hydrogens (tertiary/aromatic N) is 2. The van der Waals surface area contributed by atoms with Crippen LogP contribution in [0.2, 0.25) is 0 Å². The summed E-state index contributed by atoms with van der Waals surface area (Å²) in [7, 11) is 0. The fourth-order valence-corrected chi connectivity index (χ4v) is 2.13. The molecule has 2 aromatic rings. The summed E-state index contributed by atoms with van der Waals surface area (Å²) in [4.78, 5) is 0. The summed E-state index contributed by atoms with van der Waals surface area (Å²) in [6.07, 6.45) is 4.75. The van der Waals surface area contributed by atoms with E-state index in [-0.39, 0.29) is 0 Å². The van der Waals surface area contributed by atoms with Crippen molar-refractivity contribution in [1.29, 1.82) is 0 Å². The fraction of sp³-hybridized carbons (Fsp3) is 0.438. The first kappa shape index (κ1) is 14.6. The second-order valence-electron chi connectivity index (χ2n) is 4.89. The maximum atomic E-state index is 5.80. The molecular formula is C16H23N3O. The summed E-state index contributed by atoms with van der Waals surface area (Å²) in [5.41, 5.74) is 1.26. The van der Waals surface area contributed by atoms with Gasteiger partial charge >= 0.3 is 0 Å². The molecule has 0 spiro atoms. The molecule has 4 nitrogen and oxygen atoms in total. The van der Waals surface area contributed by atoms with Gasteiger partial charge in [0.15, 0.2) is 5.75 Å². The molecule has 0 aliphatic carbocycles. The number of benzene rings is 1. The summed E-state index contributed by atoms with van der Waals surface area (Å²) < 4.78 is 7.70. The van der Waals surface area contributed by atoms with Gasteiger partial charge in [-0.1, -0.05) is 26.0 Å². The van der Waals surface area contributed by atoms with Crippen LogP contribution in [0.1, 0.15) is 38.8 Å². The number of aryl methyl sites for hydroxylation is 1. The Morgan fingerprint density at radius 2 is 1.95 bits per heavy atom. The Morgan fingerprint density at radius 3 is 2.60 bits per heavy atom. The van der Waals surface area contributed by atoms with E-state index < -0.39 is 0 Å². The van der Waals surface area contributed by atoms with Crippen LogP contribution in [-0.2, 0) is 6.54 Å². The van der Waals surface area contributed by atoms with E-state index in [2.05, 4.69) is 43.3 Å². The molecule has 1 heterocycles. The molecule has 1 aromatic heterocycles. The lowest BCUT2D eigenvalue weighted by molar-refractivity contribution is 0.480. The van der Waals surface area contributed by atoms with Crippen LogP contribution in [0.4, 0.5) is 0 Å². The molecule has 0 amide bonds. The first-order valence-corrected chi connectivity index (χ1v) is 7.26. The van der Waals surface area contributed by atoms with E-state index in [0.29, 0.717) is 6.04 Å². The number of hydrogen-bond donors (Lipinski definition) is 1. The van der Waals surface area contributed by atoms with Crippen molar-refractivity contribution >= 4 is 0 Å². The molecule has 1 N–H and O–H groups in total. The Morgan fingerprint density at radius 1 is 1.20 bits per heavy atom. The maximum Gasteiger partial charge on any atom is 0.165 e. The van der Waals surface area contributed by atoms with Gasteiger partial charge in [-0.2, -0.15) is 5.10 Å². The van der Waals surface area contributed by atoms with E-state index in [1.54, 1.807) is 6.20 Å². The Bertz CT molecular complexity index is 519. The van der Waals surface area contributed by atoms with E-state index in [0.717, 1.165) is 31.0 Å². The van der Waals surface area contributed by atoms with Crippen LogP contribution in [-0.4, -0.2) is 16.3 Å². The molecule has 0 bridgehead atoms. The van der Waals surface area contributed by atoms with Crippen LogP contribution >= 0.6 is 0 Å². The van der Waals surface area contributed by atoms with E-state index in [1.165, 1.54) is 5.56 Å². The molecule has 0 saturated carbocycles. The molecule has 0 saturated heterocycles. The van der Waals surface area contributed by atoms with Crippen LogP contribution in [0.5, 0.6) is 11.5 Å². The van der Waals surface area contributed by atoms with Crippen molar-refractivity contribution in [3.05, 3.63) is 42.2 Å². The van der Waals surface area contributed by atoms with Gasteiger partial charge in [0, 0.05) is 12.6 Å². The van der Waals surface area contributed by atoms with Crippen molar-refractivity contribution in [2.45, 2.75) is 39.8 Å². The average Bonchev–Trinajstić information content (AvgIpc) is 2.88. The third-order valence-corrected chi connectivity index (χ3v) is 3.19. The Labute approximate surface area is 120 Å². The average molecular weight is 273 g/mol. The molecular weight excluding hydrogens is 250 g/mol. The third-order valence-electron chi connectivity index (χ3n) is 3.19. The predicted octanol–water partition coefficient (Wildman–Crippen LogP) is 3.76. The van der Waals surface area contributed by atoms with Gasteiger partial charge < -0.3 is 10.1 Å². The van der Waals surface area contributed by atoms with Gasteiger partial charge in [-0.25, -0.2) is 0 Å². The van der Waals surface area contributed by atoms with Gasteiger partial charge in [-0.05, 0) is 37.6 Å². The van der Waals surface area contributed by atoms with Crippen LogP contribution < -0.4 is 10.1 Å². The van der Waals surface area contributed by atoms with Crippen LogP contribution in [0.25, 0.3) is 0 Å². The SMILES string of the molecule is CCCn1cc(Oc2ccc(C(C)NCC)cc2)cn1. The molecule has 1 unspecified atom stereocenters. The van der Waals surface area contributed by atoms with Crippen molar-refractivity contribution in [2.24, 2.45) is 0 Å². The number of hydrogen-bond acceptors (Lipinski definition) is 3. The lowest BCUT2D eigenvalue weighted by Crippen LogP contribution is -2.17. The van der Waals surface area contributed by atoms with Gasteiger partial charge in [-0.3, -0.25) is 4.68 Å². The number of aromatic nitrogens is 2. The normalized spacial score (nSPS) is 12.3. The highest BCUT2D eigenvalue weighted by molar-refractivity contribution is 5.32. The second-order valence-corrected chi connectivity index (χ2v) is 4.89. The van der Waals surface area contributed by atoms with Gasteiger partial charge in [0.25, 0.3) is 0 Å². The molecule has 0 aliphatic heterocycles. The molecule has 0 radical (unpaired) electrons. The van der Waals surface area contributed by atoms with E-state index in [1.807, 2.05) is 23.0 Å². The fourth-order valence-electron chi connectivity index (χ4n) is 2.13. The molecule has 0 aliphatic rings. The van der Waals surface area contributed by atoms with Crippen molar-refractivity contribution < 1.29 is 4.74 Å². The zero-order chi connectivity index (χ0) is 14.4. The lowest BCUT2D eigenvalue weighted by Gasteiger charge is -2.13. The summed E-state index contributed by atoms with van der Waals surface area (Å²) in [5, 5.41) is 7.65. The highest BCUT2D eigenvalue weighted by Crippen LogP contribution is 2.23. The first-order chi connectivity index (χ1) is 9.72. The van der Waals surface area contributed by atoms with Crippen LogP contribution in [0.15, 0.2) is 36.7 Å². The largest absolute Gasteiger partial charge is 0.454 e. The predicted molar refractivity (Wildman–Crippen MR) is 81.1 cm³/mol. The minimum absolute atomic E-state index is 0.362. The van der Waals surface area contributed by atoms with E-state index >= 15 is 0 Å². The summed E-state index contributed by atoms with van der Waals surface area (Å²) >= 11 is 0. The van der Waals surface area contributed by atoms with Crippen molar-refractivity contribution in [2.75, 3.05) is 6.54 Å². The van der Waals surface area contributed by atoms with E-state index in [9.17, 15) is 0 Å². The molecule has 108 valence electrons. The molecule has 2 rings (SSSR count). The maximum absolute atomic E-state index is 5.80. The minimum Gasteiger partial charge on any atom is -0.454 e. The summed E-state index contributed by atoms with van der Waals surface area (Å²) in [6.45, 7) is 8.29. The monoisotopic (exact) mass is 273 g/mol. The molecule has 4 heteroatoms. The standard InChI is InChI=1S/C16H23N3O/c1-4-10-19-12-16(11-18-19)20-15-8-6-14(7-9-15)13(3)17-5-2/h6-9,11-13,17H,4-5,10H2,1-3H3. The zero-order valence-electron chi connectivity index (χ0n) is 12.5. The quantitative estimate of drug-likeness (QED) is 0.835. The van der Waals surface area contributed by atoms with Crippen LogP contribution in [0, 0.1) is 0 Å². The smallest absolute Gasteiger partial charge is 0.165 e. The third kappa shape index (κ3) is 3.84. The molecule has 1 aromatic carbocycles. The summed E-state index contributed by atoms with van der Waals surface area (Å²) in [6, 6.07) is 8.56. The summed E-state index contributed by atoms with van der Waals surface area (Å²) in [5.74, 6) is 1.62. The highest BCUT2D eigenvalue weighted by atomic mass is 16.5. The van der Waals surface area contributed by atoms with Gasteiger partial charge in [-0.15, -0.1) is 0 Å². The lowest BCUT2D eigenvalue weighted by atomic mass is 10.1. The topological polar surface area (TPSA) is 39.1 Å². The number of nitrogens with one attached hydrogen (secondary N) is 1. The van der Waals surface area contributed by atoms with Crippen molar-refractivity contribution in [3.8, 4) is 11.5 Å². The van der Waals surface area contributed by atoms with E-state index in [4.69, 9.17) is 4.74 Å². The van der Waals surface area contributed by atoms with Gasteiger partial charge in [0.1, 0.15) is 5.75 Å². The molecule has 20 heavy (non-hydrogen) atoms. The number of rotatable bonds is 7.